The van der Waals surface area contributed by atoms with E-state index in [1.165, 1.54) is 24.3 Å². The maximum atomic E-state index is 12.5. The Hall–Kier alpha value is -2.15. The average Bonchev–Trinajstić information content (AvgIpc) is 2.83. The molecule has 1 fully saturated rings. The SMILES string of the molecule is O=C1SC(=Cc2cccc(O)c2O)C(=O)N1Cc1cccc(Cl)c1Cl. The Morgan fingerprint density at radius 3 is 2.56 bits per heavy atom. The number of aromatic hydroxyl groups is 2. The van der Waals surface area contributed by atoms with Crippen molar-refractivity contribution in [2.45, 2.75) is 6.54 Å². The van der Waals surface area contributed by atoms with Crippen molar-refractivity contribution in [1.29, 1.82) is 0 Å². The van der Waals surface area contributed by atoms with E-state index in [4.69, 9.17) is 23.2 Å². The smallest absolute Gasteiger partial charge is 0.293 e. The second-order valence-electron chi connectivity index (χ2n) is 5.20. The molecule has 3 rings (SSSR count). The fraction of sp³-hybridized carbons (Fsp3) is 0.0588. The van der Waals surface area contributed by atoms with Crippen LogP contribution in [0.25, 0.3) is 6.08 Å². The number of hydrogen-bond acceptors (Lipinski definition) is 5. The Morgan fingerprint density at radius 2 is 1.80 bits per heavy atom. The third-order valence-electron chi connectivity index (χ3n) is 3.57. The number of benzene rings is 2. The number of carbonyl (C=O) groups excluding carboxylic acids is 2. The van der Waals surface area contributed by atoms with Gasteiger partial charge in [-0.3, -0.25) is 14.5 Å². The van der Waals surface area contributed by atoms with E-state index in [0.717, 1.165) is 16.7 Å². The maximum Gasteiger partial charge on any atom is 0.293 e. The molecule has 0 spiro atoms. The zero-order valence-corrected chi connectivity index (χ0v) is 14.9. The number of halogens is 2. The predicted octanol–water partition coefficient (Wildman–Crippen LogP) is 4.64. The number of rotatable bonds is 3. The van der Waals surface area contributed by atoms with Crippen LogP contribution in [0.5, 0.6) is 11.5 Å². The van der Waals surface area contributed by atoms with Gasteiger partial charge in [0, 0.05) is 5.56 Å². The molecule has 1 saturated heterocycles. The van der Waals surface area contributed by atoms with Crippen LogP contribution in [-0.2, 0) is 11.3 Å². The van der Waals surface area contributed by atoms with Crippen molar-refractivity contribution in [3.05, 3.63) is 62.5 Å². The van der Waals surface area contributed by atoms with Crippen LogP contribution in [0.3, 0.4) is 0 Å². The van der Waals surface area contributed by atoms with Crippen LogP contribution in [0.2, 0.25) is 10.0 Å². The number of imide groups is 1. The van der Waals surface area contributed by atoms with Crippen LogP contribution in [0, 0.1) is 0 Å². The van der Waals surface area contributed by atoms with Gasteiger partial charge < -0.3 is 10.2 Å². The van der Waals surface area contributed by atoms with Crippen LogP contribution in [0.15, 0.2) is 41.3 Å². The number of amides is 2. The molecule has 1 aliphatic rings. The molecular weight excluding hydrogens is 385 g/mol. The molecule has 2 aromatic rings. The van der Waals surface area contributed by atoms with E-state index in [2.05, 4.69) is 0 Å². The highest BCUT2D eigenvalue weighted by Crippen LogP contribution is 2.37. The molecule has 8 heteroatoms. The lowest BCUT2D eigenvalue weighted by molar-refractivity contribution is -0.123. The van der Waals surface area contributed by atoms with E-state index >= 15 is 0 Å². The van der Waals surface area contributed by atoms with Gasteiger partial charge in [0.15, 0.2) is 11.5 Å². The molecule has 128 valence electrons. The summed E-state index contributed by atoms with van der Waals surface area (Å²) in [6.45, 7) is -0.00653. The van der Waals surface area contributed by atoms with Crippen molar-refractivity contribution in [3.8, 4) is 11.5 Å². The Morgan fingerprint density at radius 1 is 1.08 bits per heavy atom. The van der Waals surface area contributed by atoms with E-state index in [1.54, 1.807) is 18.2 Å². The lowest BCUT2D eigenvalue weighted by Gasteiger charge is -2.14. The topological polar surface area (TPSA) is 77.8 Å². The summed E-state index contributed by atoms with van der Waals surface area (Å²) in [4.78, 5) is 25.9. The van der Waals surface area contributed by atoms with Gasteiger partial charge in [-0.25, -0.2) is 0 Å². The number of hydrogen-bond donors (Lipinski definition) is 2. The van der Waals surface area contributed by atoms with E-state index in [1.807, 2.05) is 0 Å². The van der Waals surface area contributed by atoms with E-state index < -0.39 is 11.1 Å². The molecular formula is C17H11Cl2NO4S. The summed E-state index contributed by atoms with van der Waals surface area (Å²) in [7, 11) is 0. The highest BCUT2D eigenvalue weighted by Gasteiger charge is 2.35. The largest absolute Gasteiger partial charge is 0.504 e. The van der Waals surface area contributed by atoms with Crippen molar-refractivity contribution in [2.75, 3.05) is 0 Å². The Bertz CT molecular complexity index is 914. The number of phenols is 2. The van der Waals surface area contributed by atoms with Gasteiger partial charge in [0.2, 0.25) is 0 Å². The number of para-hydroxylation sites is 1. The molecule has 2 amide bonds. The van der Waals surface area contributed by atoms with Crippen molar-refractivity contribution < 1.29 is 19.8 Å². The van der Waals surface area contributed by atoms with Gasteiger partial charge in [0.25, 0.3) is 11.1 Å². The molecule has 0 aromatic heterocycles. The van der Waals surface area contributed by atoms with Gasteiger partial charge >= 0.3 is 0 Å². The molecule has 0 aliphatic carbocycles. The molecule has 0 saturated carbocycles. The number of thioether (sulfide) groups is 1. The zero-order valence-electron chi connectivity index (χ0n) is 12.6. The third-order valence-corrected chi connectivity index (χ3v) is 5.33. The minimum absolute atomic E-state index is 0.00653. The van der Waals surface area contributed by atoms with Crippen LogP contribution in [0.4, 0.5) is 4.79 Å². The van der Waals surface area contributed by atoms with Crippen molar-refractivity contribution in [3.63, 3.8) is 0 Å². The second-order valence-corrected chi connectivity index (χ2v) is 6.97. The fourth-order valence-corrected chi connectivity index (χ4v) is 3.49. The van der Waals surface area contributed by atoms with E-state index in [-0.39, 0.29) is 33.5 Å². The van der Waals surface area contributed by atoms with Gasteiger partial charge in [-0.15, -0.1) is 0 Å². The first-order valence-corrected chi connectivity index (χ1v) is 8.65. The lowest BCUT2D eigenvalue weighted by atomic mass is 10.1. The molecule has 1 heterocycles. The average molecular weight is 396 g/mol. The second kappa shape index (κ2) is 7.00. The van der Waals surface area contributed by atoms with Crippen LogP contribution in [0.1, 0.15) is 11.1 Å². The molecule has 25 heavy (non-hydrogen) atoms. The predicted molar refractivity (Wildman–Crippen MR) is 97.7 cm³/mol. The van der Waals surface area contributed by atoms with Gasteiger partial charge in [-0.2, -0.15) is 0 Å². The Kier molecular flexibility index (Phi) is 4.94. The number of carbonyl (C=O) groups is 2. The summed E-state index contributed by atoms with van der Waals surface area (Å²) < 4.78 is 0. The maximum absolute atomic E-state index is 12.5. The molecule has 2 N–H and O–H groups in total. The van der Waals surface area contributed by atoms with Crippen molar-refractivity contribution in [1.82, 2.24) is 4.90 Å². The first-order valence-electron chi connectivity index (χ1n) is 7.07. The highest BCUT2D eigenvalue weighted by atomic mass is 35.5. The van der Waals surface area contributed by atoms with Gasteiger partial charge in [0.05, 0.1) is 21.5 Å². The monoisotopic (exact) mass is 395 g/mol. The van der Waals surface area contributed by atoms with E-state index in [0.29, 0.717) is 10.6 Å². The normalized spacial score (nSPS) is 16.1. The van der Waals surface area contributed by atoms with Gasteiger partial charge in [-0.05, 0) is 35.5 Å². The minimum atomic E-state index is -0.506. The lowest BCUT2D eigenvalue weighted by Crippen LogP contribution is -2.27. The summed E-state index contributed by atoms with van der Waals surface area (Å²) in [5.74, 6) is -1.17. The quantitative estimate of drug-likeness (QED) is 0.584. The molecule has 0 unspecified atom stereocenters. The highest BCUT2D eigenvalue weighted by molar-refractivity contribution is 8.18. The number of nitrogens with zero attached hydrogens (tertiary/aromatic N) is 1. The summed E-state index contributed by atoms with van der Waals surface area (Å²) in [5.41, 5.74) is 0.796. The molecule has 2 aromatic carbocycles. The fourth-order valence-electron chi connectivity index (χ4n) is 2.28. The molecule has 0 bridgehead atoms. The summed E-state index contributed by atoms with van der Waals surface area (Å²) in [6, 6.07) is 9.35. The van der Waals surface area contributed by atoms with Crippen LogP contribution < -0.4 is 0 Å². The number of phenolic OH excluding ortho intramolecular Hbond substituents is 2. The Balaban J connectivity index is 1.89. The van der Waals surface area contributed by atoms with Gasteiger partial charge in [-0.1, -0.05) is 47.5 Å². The zero-order chi connectivity index (χ0) is 18.1. The first kappa shape index (κ1) is 17.7. The summed E-state index contributed by atoms with van der Waals surface area (Å²) in [5, 5.41) is 19.5. The standard InChI is InChI=1S/C17H11Cl2NO4S/c18-11-5-1-4-10(14(11)19)8-20-16(23)13(25-17(20)24)7-9-3-2-6-12(21)15(9)22/h1-7,21-22H,8H2. The summed E-state index contributed by atoms with van der Waals surface area (Å²) >= 11 is 12.8. The molecule has 0 atom stereocenters. The summed E-state index contributed by atoms with van der Waals surface area (Å²) in [6.07, 6.45) is 1.36. The van der Waals surface area contributed by atoms with Crippen molar-refractivity contribution >= 4 is 52.2 Å². The van der Waals surface area contributed by atoms with Crippen LogP contribution in [-0.4, -0.2) is 26.3 Å². The van der Waals surface area contributed by atoms with Gasteiger partial charge in [0.1, 0.15) is 0 Å². The Labute approximate surface area is 157 Å². The first-order chi connectivity index (χ1) is 11.9. The molecule has 1 aliphatic heterocycles. The molecule has 5 nitrogen and oxygen atoms in total. The minimum Gasteiger partial charge on any atom is -0.504 e. The van der Waals surface area contributed by atoms with E-state index in [9.17, 15) is 19.8 Å². The third kappa shape index (κ3) is 3.46. The van der Waals surface area contributed by atoms with Crippen LogP contribution >= 0.6 is 35.0 Å². The molecule has 0 radical (unpaired) electrons. The van der Waals surface area contributed by atoms with Crippen molar-refractivity contribution in [2.24, 2.45) is 0 Å².